The van der Waals surface area contributed by atoms with Crippen LogP contribution in [0.15, 0.2) is 23.4 Å². The highest BCUT2D eigenvalue weighted by molar-refractivity contribution is 6.37. The Bertz CT molecular complexity index is 798. The summed E-state index contributed by atoms with van der Waals surface area (Å²) in [6.45, 7) is 4.11. The van der Waals surface area contributed by atoms with Crippen molar-refractivity contribution in [1.82, 2.24) is 9.97 Å². The molecule has 1 fully saturated rings. The molecule has 0 saturated carbocycles. The molecule has 1 aliphatic heterocycles. The van der Waals surface area contributed by atoms with E-state index in [1.807, 2.05) is 11.8 Å². The third-order valence-corrected chi connectivity index (χ3v) is 4.20. The van der Waals surface area contributed by atoms with Crippen LogP contribution in [0, 0.1) is 12.7 Å². The number of nitrogens with zero attached hydrogens (tertiary/aromatic N) is 4. The van der Waals surface area contributed by atoms with Crippen LogP contribution in [0.5, 0.6) is 0 Å². The van der Waals surface area contributed by atoms with Gasteiger partial charge in [-0.15, -0.1) is 0 Å². The fourth-order valence-corrected chi connectivity index (χ4v) is 2.66. The van der Waals surface area contributed by atoms with Gasteiger partial charge in [-0.1, -0.05) is 29.2 Å². The number of ether oxygens (including phenoxy) is 1. The average Bonchev–Trinajstić information content (AvgIpc) is 2.61. The summed E-state index contributed by atoms with van der Waals surface area (Å²) < 4.78 is 19.2. The summed E-state index contributed by atoms with van der Waals surface area (Å²) in [4.78, 5) is 9.91. The Morgan fingerprint density at radius 2 is 2.16 bits per heavy atom. The first-order valence-electron chi connectivity index (χ1n) is 7.74. The molecule has 0 spiro atoms. The predicted molar refractivity (Wildman–Crippen MR) is 97.8 cm³/mol. The predicted octanol–water partition coefficient (Wildman–Crippen LogP) is 1.65. The van der Waals surface area contributed by atoms with Crippen molar-refractivity contribution in [3.8, 4) is 0 Å². The maximum absolute atomic E-state index is 14.0. The fraction of sp³-hybridized carbons (Fsp3) is 0.312. The van der Waals surface area contributed by atoms with Crippen LogP contribution in [-0.4, -0.2) is 50.3 Å². The van der Waals surface area contributed by atoms with Crippen LogP contribution in [0.25, 0.3) is 0 Å². The molecule has 9 heteroatoms. The summed E-state index contributed by atoms with van der Waals surface area (Å²) in [7, 11) is 5.78. The minimum absolute atomic E-state index is 0.201. The van der Waals surface area contributed by atoms with E-state index in [0.29, 0.717) is 36.8 Å². The van der Waals surface area contributed by atoms with Crippen LogP contribution in [0.1, 0.15) is 11.1 Å². The van der Waals surface area contributed by atoms with E-state index in [-0.39, 0.29) is 11.8 Å². The standard InChI is InChI=1S/C16H16BClFN5O/c1-10-11(6-12(17)7-13(10)18)8-21-23-16-20-9-14(19)15(22-16)24-2-4-25-5-3-24/h6-9H,2-5H2,1H3,(H,20,22,23)/b21-8+. The summed E-state index contributed by atoms with van der Waals surface area (Å²) in [6, 6.07) is 3.44. The number of anilines is 2. The lowest BCUT2D eigenvalue weighted by atomic mass is 9.92. The van der Waals surface area contributed by atoms with E-state index in [1.54, 1.807) is 18.3 Å². The monoisotopic (exact) mass is 359 g/mol. The van der Waals surface area contributed by atoms with Crippen molar-refractivity contribution >= 4 is 42.9 Å². The minimum atomic E-state index is -0.477. The average molecular weight is 360 g/mol. The molecular weight excluding hydrogens is 343 g/mol. The van der Waals surface area contributed by atoms with Gasteiger partial charge in [0.1, 0.15) is 7.85 Å². The van der Waals surface area contributed by atoms with Gasteiger partial charge in [0.15, 0.2) is 11.6 Å². The molecule has 0 aliphatic carbocycles. The molecule has 2 aromatic rings. The molecule has 6 nitrogen and oxygen atoms in total. The molecule has 0 amide bonds. The van der Waals surface area contributed by atoms with Gasteiger partial charge in [-0.2, -0.15) is 10.1 Å². The van der Waals surface area contributed by atoms with Crippen LogP contribution >= 0.6 is 11.6 Å². The molecule has 1 aromatic carbocycles. The van der Waals surface area contributed by atoms with Gasteiger partial charge in [0.25, 0.3) is 0 Å². The minimum Gasteiger partial charge on any atom is -0.378 e. The lowest BCUT2D eigenvalue weighted by Gasteiger charge is -2.27. The Balaban J connectivity index is 1.75. The molecule has 25 heavy (non-hydrogen) atoms. The fourth-order valence-electron chi connectivity index (χ4n) is 2.42. The number of hydrogen-bond donors (Lipinski definition) is 1. The summed E-state index contributed by atoms with van der Waals surface area (Å²) in [5.41, 5.74) is 4.88. The maximum Gasteiger partial charge on any atom is 0.245 e. The number of benzene rings is 1. The third-order valence-electron chi connectivity index (χ3n) is 3.81. The second kappa shape index (κ2) is 7.80. The lowest BCUT2D eigenvalue weighted by molar-refractivity contribution is 0.122. The van der Waals surface area contributed by atoms with Crippen LogP contribution in [0.2, 0.25) is 5.02 Å². The van der Waals surface area contributed by atoms with Gasteiger partial charge in [-0.3, -0.25) is 0 Å². The Morgan fingerprint density at radius 3 is 2.92 bits per heavy atom. The van der Waals surface area contributed by atoms with E-state index >= 15 is 0 Å². The number of hydrazone groups is 1. The van der Waals surface area contributed by atoms with E-state index in [2.05, 4.69) is 20.5 Å². The number of morpholine rings is 1. The molecule has 1 aliphatic rings. The highest BCUT2D eigenvalue weighted by atomic mass is 35.5. The quantitative estimate of drug-likeness (QED) is 0.511. The first-order valence-corrected chi connectivity index (χ1v) is 8.12. The number of nitrogens with one attached hydrogen (secondary N) is 1. The number of halogens is 2. The maximum atomic E-state index is 14.0. The van der Waals surface area contributed by atoms with Crippen molar-refractivity contribution in [2.24, 2.45) is 5.10 Å². The molecular formula is C16H16BClFN5O. The molecule has 1 N–H and O–H groups in total. The van der Waals surface area contributed by atoms with E-state index < -0.39 is 5.82 Å². The van der Waals surface area contributed by atoms with E-state index in [0.717, 1.165) is 17.3 Å². The Labute approximate surface area is 151 Å². The van der Waals surface area contributed by atoms with Crippen molar-refractivity contribution in [2.45, 2.75) is 6.92 Å². The smallest absolute Gasteiger partial charge is 0.245 e. The topological polar surface area (TPSA) is 62.6 Å². The lowest BCUT2D eigenvalue weighted by Crippen LogP contribution is -2.37. The van der Waals surface area contributed by atoms with Gasteiger partial charge < -0.3 is 9.64 Å². The van der Waals surface area contributed by atoms with Crippen molar-refractivity contribution in [3.05, 3.63) is 40.3 Å². The first-order chi connectivity index (χ1) is 12.0. The van der Waals surface area contributed by atoms with Crippen LogP contribution in [0.4, 0.5) is 16.2 Å². The number of hydrogen-bond acceptors (Lipinski definition) is 6. The second-order valence-electron chi connectivity index (χ2n) is 5.55. The van der Waals surface area contributed by atoms with Crippen LogP contribution in [-0.2, 0) is 4.74 Å². The summed E-state index contributed by atoms with van der Waals surface area (Å²) in [6.07, 6.45) is 2.69. The van der Waals surface area contributed by atoms with Gasteiger partial charge in [-0.05, 0) is 18.1 Å². The van der Waals surface area contributed by atoms with E-state index in [1.165, 1.54) is 0 Å². The molecule has 2 heterocycles. The zero-order valence-corrected chi connectivity index (χ0v) is 14.4. The van der Waals surface area contributed by atoms with Crippen molar-refractivity contribution in [3.63, 3.8) is 0 Å². The van der Waals surface area contributed by atoms with E-state index in [4.69, 9.17) is 24.2 Å². The highest BCUT2D eigenvalue weighted by Gasteiger charge is 2.17. The molecule has 1 aromatic heterocycles. The zero-order chi connectivity index (χ0) is 17.8. The molecule has 128 valence electrons. The Kier molecular flexibility index (Phi) is 5.50. The van der Waals surface area contributed by atoms with E-state index in [9.17, 15) is 4.39 Å². The molecule has 0 unspecified atom stereocenters. The highest BCUT2D eigenvalue weighted by Crippen LogP contribution is 2.19. The molecule has 1 saturated heterocycles. The summed E-state index contributed by atoms with van der Waals surface area (Å²) in [5, 5.41) is 4.65. The third kappa shape index (κ3) is 4.26. The normalized spacial score (nSPS) is 14.9. The summed E-state index contributed by atoms with van der Waals surface area (Å²) in [5.74, 6) is -0.0409. The number of aromatic nitrogens is 2. The molecule has 3 rings (SSSR count). The molecule has 0 bridgehead atoms. The second-order valence-corrected chi connectivity index (χ2v) is 5.96. The van der Waals surface area contributed by atoms with Crippen molar-refractivity contribution in [1.29, 1.82) is 0 Å². The zero-order valence-electron chi connectivity index (χ0n) is 13.7. The van der Waals surface area contributed by atoms with Gasteiger partial charge in [0.2, 0.25) is 5.95 Å². The summed E-state index contributed by atoms with van der Waals surface area (Å²) >= 11 is 6.10. The Hall–Kier alpha value is -2.19. The van der Waals surface area contributed by atoms with Gasteiger partial charge >= 0.3 is 0 Å². The first kappa shape index (κ1) is 17.6. The van der Waals surface area contributed by atoms with Crippen LogP contribution < -0.4 is 15.8 Å². The van der Waals surface area contributed by atoms with Crippen molar-refractivity contribution in [2.75, 3.05) is 36.6 Å². The SMILES string of the molecule is [B]c1cc(Cl)c(C)c(/C=N/Nc2ncc(F)c(N3CCOCC3)n2)c1. The number of rotatable bonds is 4. The van der Waals surface area contributed by atoms with Gasteiger partial charge in [0, 0.05) is 18.1 Å². The Morgan fingerprint density at radius 1 is 1.40 bits per heavy atom. The van der Waals surface area contributed by atoms with Crippen LogP contribution in [0.3, 0.4) is 0 Å². The van der Waals surface area contributed by atoms with Gasteiger partial charge in [0.05, 0.1) is 25.6 Å². The van der Waals surface area contributed by atoms with Gasteiger partial charge in [-0.25, -0.2) is 14.8 Å². The molecule has 0 atom stereocenters. The van der Waals surface area contributed by atoms with Crippen molar-refractivity contribution < 1.29 is 9.13 Å². The molecule has 2 radical (unpaired) electrons. The largest absolute Gasteiger partial charge is 0.378 e.